The van der Waals surface area contributed by atoms with Crippen molar-refractivity contribution in [1.82, 2.24) is 0 Å². The molecule has 0 aromatic rings. The van der Waals surface area contributed by atoms with E-state index < -0.39 is 49.2 Å². The molecule has 0 aromatic heterocycles. The van der Waals surface area contributed by atoms with Crippen molar-refractivity contribution in [3.63, 3.8) is 0 Å². The van der Waals surface area contributed by atoms with Gasteiger partial charge in [0, 0.05) is 13.0 Å². The number of carboxylic acids is 1. The molecular formula is C20H40O11. The van der Waals surface area contributed by atoms with Gasteiger partial charge in [-0.2, -0.15) is 0 Å². The Hall–Kier alpha value is -1.60. The normalized spacial score (nSPS) is 10.8. The molecule has 0 bridgehead atoms. The van der Waals surface area contributed by atoms with E-state index in [0.717, 1.165) is 0 Å². The van der Waals surface area contributed by atoms with Crippen LogP contribution in [-0.2, 0) is 24.1 Å². The second-order valence-corrected chi connectivity index (χ2v) is 6.41. The standard InChI is InChI=1S/C12H22O6.C6H12O4.C2H6O/c1-3-6-17-18-8-5-7-16-11(15)12(4-2,9-13)10-14;1-2-6(3-7,4-8)5(9)10;1-2-3/h3,13-14H,1,4-10H2,2H3;7-8H,2-4H2,1H3,(H,9,10);3H,2H2,1H3. The number of ether oxygens (including phenoxy) is 1. The summed E-state index contributed by atoms with van der Waals surface area (Å²) < 4.78 is 4.97. The summed E-state index contributed by atoms with van der Waals surface area (Å²) in [6.45, 7) is 7.54. The van der Waals surface area contributed by atoms with Crippen LogP contribution < -0.4 is 0 Å². The molecule has 0 aliphatic rings. The summed E-state index contributed by atoms with van der Waals surface area (Å²) in [7, 11) is 0. The van der Waals surface area contributed by atoms with Crippen LogP contribution in [0.25, 0.3) is 0 Å². The molecule has 0 radical (unpaired) electrons. The molecule has 0 saturated heterocycles. The molecule has 11 heteroatoms. The fourth-order valence-corrected chi connectivity index (χ4v) is 1.70. The van der Waals surface area contributed by atoms with E-state index >= 15 is 0 Å². The maximum Gasteiger partial charge on any atom is 0.316 e. The number of esters is 1. The molecule has 0 aliphatic heterocycles. The van der Waals surface area contributed by atoms with Crippen LogP contribution in [0.1, 0.15) is 40.0 Å². The van der Waals surface area contributed by atoms with Crippen LogP contribution in [0.5, 0.6) is 0 Å². The van der Waals surface area contributed by atoms with Gasteiger partial charge in [-0.25, -0.2) is 9.78 Å². The van der Waals surface area contributed by atoms with Crippen molar-refractivity contribution in [3.8, 4) is 0 Å². The van der Waals surface area contributed by atoms with Crippen molar-refractivity contribution in [2.45, 2.75) is 40.0 Å². The third kappa shape index (κ3) is 14.2. The molecule has 0 heterocycles. The van der Waals surface area contributed by atoms with Crippen LogP contribution in [0.3, 0.4) is 0 Å². The van der Waals surface area contributed by atoms with E-state index in [2.05, 4.69) is 11.5 Å². The van der Waals surface area contributed by atoms with E-state index in [4.69, 9.17) is 40.3 Å². The smallest absolute Gasteiger partial charge is 0.316 e. The fraction of sp³-hybridized carbons (Fsp3) is 0.800. The average Bonchev–Trinajstić information content (AvgIpc) is 2.77. The summed E-state index contributed by atoms with van der Waals surface area (Å²) in [5.74, 6) is -1.75. The molecule has 0 saturated carbocycles. The minimum absolute atomic E-state index is 0.151. The second-order valence-electron chi connectivity index (χ2n) is 6.41. The van der Waals surface area contributed by atoms with Crippen LogP contribution in [0.2, 0.25) is 0 Å². The van der Waals surface area contributed by atoms with Gasteiger partial charge in [0.15, 0.2) is 0 Å². The second kappa shape index (κ2) is 21.6. The van der Waals surface area contributed by atoms with Gasteiger partial charge < -0.3 is 35.4 Å². The molecule has 0 amide bonds. The molecule has 0 atom stereocenters. The number of carbonyl (C=O) groups excluding carboxylic acids is 1. The molecule has 0 aromatic carbocycles. The lowest BCUT2D eigenvalue weighted by atomic mass is 9.87. The molecule has 0 rings (SSSR count). The highest BCUT2D eigenvalue weighted by Crippen LogP contribution is 2.22. The van der Waals surface area contributed by atoms with Crippen LogP contribution in [-0.4, -0.2) is 95.4 Å². The van der Waals surface area contributed by atoms with Crippen LogP contribution >= 0.6 is 0 Å². The first-order valence-electron chi connectivity index (χ1n) is 10.0. The molecule has 31 heavy (non-hydrogen) atoms. The van der Waals surface area contributed by atoms with E-state index in [1.807, 2.05) is 0 Å². The first kappa shape index (κ1) is 34.0. The molecule has 0 aliphatic carbocycles. The zero-order chi connectivity index (χ0) is 24.8. The highest BCUT2D eigenvalue weighted by atomic mass is 17.2. The van der Waals surface area contributed by atoms with E-state index in [1.165, 1.54) is 0 Å². The van der Waals surface area contributed by atoms with Gasteiger partial charge in [-0.3, -0.25) is 9.59 Å². The summed E-state index contributed by atoms with van der Waals surface area (Å²) in [4.78, 5) is 31.5. The predicted octanol–water partition coefficient (Wildman–Crippen LogP) is -0.114. The van der Waals surface area contributed by atoms with Gasteiger partial charge in [-0.15, -0.1) is 6.58 Å². The van der Waals surface area contributed by atoms with Crippen LogP contribution in [0.15, 0.2) is 12.7 Å². The summed E-state index contributed by atoms with van der Waals surface area (Å²) in [6, 6.07) is 0. The average molecular weight is 457 g/mol. The van der Waals surface area contributed by atoms with Crippen molar-refractivity contribution in [2.75, 3.05) is 52.9 Å². The Kier molecular flexibility index (Phi) is 23.7. The zero-order valence-electron chi connectivity index (χ0n) is 18.8. The highest BCUT2D eigenvalue weighted by Gasteiger charge is 2.37. The third-order valence-electron chi connectivity index (χ3n) is 4.33. The zero-order valence-corrected chi connectivity index (χ0v) is 18.8. The SMILES string of the molecule is C=CCOOCCCOC(=O)C(CC)(CO)CO.CCC(CO)(CO)C(=O)O.CCO. The number of carbonyl (C=O) groups is 2. The molecule has 0 spiro atoms. The van der Waals surface area contributed by atoms with Crippen molar-refractivity contribution in [1.29, 1.82) is 0 Å². The maximum atomic E-state index is 11.7. The number of aliphatic carboxylic acids is 1. The molecule has 186 valence electrons. The van der Waals surface area contributed by atoms with Crippen LogP contribution in [0, 0.1) is 10.8 Å². The fourth-order valence-electron chi connectivity index (χ4n) is 1.70. The Bertz CT molecular complexity index is 430. The first-order chi connectivity index (χ1) is 14.7. The first-order valence-corrected chi connectivity index (χ1v) is 10.0. The number of aliphatic hydroxyl groups is 5. The van der Waals surface area contributed by atoms with Gasteiger partial charge in [0.2, 0.25) is 0 Å². The van der Waals surface area contributed by atoms with E-state index in [9.17, 15) is 9.59 Å². The molecule has 0 fully saturated rings. The summed E-state index contributed by atoms with van der Waals surface area (Å²) >= 11 is 0. The Balaban J connectivity index is -0.000000506. The Morgan fingerprint density at radius 2 is 1.29 bits per heavy atom. The maximum absolute atomic E-state index is 11.7. The van der Waals surface area contributed by atoms with Crippen molar-refractivity contribution in [2.24, 2.45) is 10.8 Å². The van der Waals surface area contributed by atoms with Gasteiger partial charge in [0.05, 0.1) is 39.6 Å². The minimum Gasteiger partial charge on any atom is -0.481 e. The topological polar surface area (TPSA) is 183 Å². The molecule has 6 N–H and O–H groups in total. The van der Waals surface area contributed by atoms with Gasteiger partial charge in [0.1, 0.15) is 17.4 Å². The Labute approximate surface area is 183 Å². The summed E-state index contributed by atoms with van der Waals surface area (Å²) in [6.07, 6.45) is 2.57. The van der Waals surface area contributed by atoms with Crippen molar-refractivity contribution < 1.29 is 54.7 Å². The molecular weight excluding hydrogens is 416 g/mol. The Morgan fingerprint density at radius 1 is 0.839 bits per heavy atom. The minimum atomic E-state index is -1.35. The Morgan fingerprint density at radius 3 is 1.58 bits per heavy atom. The lowest BCUT2D eigenvalue weighted by Crippen LogP contribution is -2.39. The number of hydrogen-bond acceptors (Lipinski definition) is 10. The number of carboxylic acid groups (broad SMARTS) is 1. The lowest BCUT2D eigenvalue weighted by molar-refractivity contribution is -0.287. The summed E-state index contributed by atoms with van der Waals surface area (Å²) in [5, 5.41) is 51.5. The van der Waals surface area contributed by atoms with Gasteiger partial charge in [-0.1, -0.05) is 19.9 Å². The van der Waals surface area contributed by atoms with Crippen LogP contribution in [0.4, 0.5) is 0 Å². The summed E-state index contributed by atoms with van der Waals surface area (Å²) in [5.41, 5.74) is -2.56. The lowest BCUT2D eigenvalue weighted by Gasteiger charge is -2.25. The van der Waals surface area contributed by atoms with Gasteiger partial charge in [0.25, 0.3) is 0 Å². The van der Waals surface area contributed by atoms with Crippen molar-refractivity contribution in [3.05, 3.63) is 12.7 Å². The largest absolute Gasteiger partial charge is 0.481 e. The van der Waals surface area contributed by atoms with E-state index in [-0.39, 0.29) is 19.6 Å². The van der Waals surface area contributed by atoms with E-state index in [0.29, 0.717) is 26.1 Å². The van der Waals surface area contributed by atoms with E-state index in [1.54, 1.807) is 26.8 Å². The highest BCUT2D eigenvalue weighted by molar-refractivity contribution is 5.77. The molecule has 11 nitrogen and oxygen atoms in total. The number of rotatable bonds is 15. The quantitative estimate of drug-likeness (QED) is 0.0635. The molecule has 0 unspecified atom stereocenters. The number of aliphatic hydroxyl groups excluding tert-OH is 5. The number of hydrogen-bond donors (Lipinski definition) is 6. The van der Waals surface area contributed by atoms with Crippen molar-refractivity contribution >= 4 is 11.9 Å². The predicted molar refractivity (Wildman–Crippen MR) is 112 cm³/mol. The monoisotopic (exact) mass is 456 g/mol. The third-order valence-corrected chi connectivity index (χ3v) is 4.33. The van der Waals surface area contributed by atoms with Gasteiger partial charge >= 0.3 is 11.9 Å². The van der Waals surface area contributed by atoms with Gasteiger partial charge in [-0.05, 0) is 19.8 Å².